The first kappa shape index (κ1) is 15.0. The van der Waals surface area contributed by atoms with Gasteiger partial charge in [0.15, 0.2) is 0 Å². The van der Waals surface area contributed by atoms with Crippen LogP contribution in [0.3, 0.4) is 0 Å². The second-order valence-corrected chi connectivity index (χ2v) is 5.26. The average Bonchev–Trinajstić information content (AvgIpc) is 2.76. The van der Waals surface area contributed by atoms with Crippen molar-refractivity contribution in [3.8, 4) is 0 Å². The molecule has 1 amide bonds. The molecule has 1 fully saturated rings. The predicted molar refractivity (Wildman–Crippen MR) is 76.3 cm³/mol. The van der Waals surface area contributed by atoms with Gasteiger partial charge in [0.25, 0.3) is 0 Å². The zero-order valence-corrected chi connectivity index (χ0v) is 12.3. The van der Waals surface area contributed by atoms with Gasteiger partial charge in [-0.05, 0) is 32.9 Å². The van der Waals surface area contributed by atoms with Crippen LogP contribution in [0.2, 0.25) is 0 Å². The van der Waals surface area contributed by atoms with Gasteiger partial charge in [-0.15, -0.1) is 0 Å². The third-order valence-corrected chi connectivity index (χ3v) is 3.56. The fraction of sp³-hybridized carbons (Fsp3) is 0.714. The number of amides is 1. The number of hydrogen-bond donors (Lipinski definition) is 2. The highest BCUT2D eigenvalue weighted by Crippen LogP contribution is 2.07. The van der Waals surface area contributed by atoms with Gasteiger partial charge in [0.05, 0.1) is 18.4 Å². The van der Waals surface area contributed by atoms with Gasteiger partial charge in [-0.2, -0.15) is 5.10 Å². The highest BCUT2D eigenvalue weighted by atomic mass is 16.5. The van der Waals surface area contributed by atoms with E-state index >= 15 is 0 Å². The first-order chi connectivity index (χ1) is 9.65. The fourth-order valence-corrected chi connectivity index (χ4v) is 2.38. The molecule has 0 radical (unpaired) electrons. The molecule has 0 saturated carbocycles. The third kappa shape index (κ3) is 4.61. The largest absolute Gasteiger partial charge is 0.378 e. The van der Waals surface area contributed by atoms with Crippen LogP contribution < -0.4 is 10.6 Å². The van der Waals surface area contributed by atoms with Crippen LogP contribution >= 0.6 is 0 Å². The van der Waals surface area contributed by atoms with Gasteiger partial charge in [0.2, 0.25) is 5.91 Å². The van der Waals surface area contributed by atoms with Crippen molar-refractivity contribution in [1.29, 1.82) is 0 Å². The van der Waals surface area contributed by atoms with E-state index in [0.717, 1.165) is 37.2 Å². The lowest BCUT2D eigenvalue weighted by Gasteiger charge is -2.22. The number of carbonyl (C=O) groups is 1. The minimum Gasteiger partial charge on any atom is -0.378 e. The molecule has 1 aromatic rings. The van der Waals surface area contributed by atoms with Gasteiger partial charge in [-0.25, -0.2) is 0 Å². The van der Waals surface area contributed by atoms with Crippen LogP contribution in [0.5, 0.6) is 0 Å². The summed E-state index contributed by atoms with van der Waals surface area (Å²) in [6.07, 6.45) is 4.74. The molecule has 20 heavy (non-hydrogen) atoms. The minimum absolute atomic E-state index is 0.0298. The summed E-state index contributed by atoms with van der Waals surface area (Å²) in [5.74, 6) is 0.0298. The van der Waals surface area contributed by atoms with E-state index in [-0.39, 0.29) is 5.91 Å². The normalized spacial score (nSPS) is 16.3. The molecule has 0 atom stereocenters. The lowest BCUT2D eigenvalue weighted by molar-refractivity contribution is -0.122. The van der Waals surface area contributed by atoms with Crippen molar-refractivity contribution < 1.29 is 9.53 Å². The first-order valence-corrected chi connectivity index (χ1v) is 7.23. The number of hydrogen-bond acceptors (Lipinski definition) is 4. The van der Waals surface area contributed by atoms with E-state index in [1.165, 1.54) is 0 Å². The topological polar surface area (TPSA) is 68.2 Å². The summed E-state index contributed by atoms with van der Waals surface area (Å²) in [7, 11) is 1.88. The summed E-state index contributed by atoms with van der Waals surface area (Å²) < 4.78 is 7.48. The molecule has 6 nitrogen and oxygen atoms in total. The van der Waals surface area contributed by atoms with Crippen LogP contribution in [0.15, 0.2) is 6.20 Å². The van der Waals surface area contributed by atoms with Crippen LogP contribution in [0.1, 0.15) is 30.5 Å². The summed E-state index contributed by atoms with van der Waals surface area (Å²) in [6, 6.07) is 0. The average molecular weight is 280 g/mol. The predicted octanol–water partition coefficient (Wildman–Crippen LogP) is 0.503. The van der Waals surface area contributed by atoms with Crippen LogP contribution in [-0.4, -0.2) is 41.5 Å². The van der Waals surface area contributed by atoms with E-state index in [4.69, 9.17) is 4.74 Å². The van der Waals surface area contributed by atoms with Crippen molar-refractivity contribution in [3.05, 3.63) is 17.5 Å². The molecule has 0 aromatic carbocycles. The van der Waals surface area contributed by atoms with Crippen LogP contribution in [0.25, 0.3) is 0 Å². The maximum atomic E-state index is 11.7. The van der Waals surface area contributed by atoms with Gasteiger partial charge in [0.1, 0.15) is 0 Å². The van der Waals surface area contributed by atoms with Crippen molar-refractivity contribution >= 4 is 5.91 Å². The Morgan fingerprint density at radius 3 is 2.95 bits per heavy atom. The highest BCUT2D eigenvalue weighted by Gasteiger charge is 2.13. The van der Waals surface area contributed by atoms with Crippen LogP contribution in [0.4, 0.5) is 0 Å². The number of piperidine rings is 1. The second-order valence-electron chi connectivity index (χ2n) is 5.26. The summed E-state index contributed by atoms with van der Waals surface area (Å²) in [5.41, 5.74) is 2.01. The van der Waals surface area contributed by atoms with Gasteiger partial charge in [-0.3, -0.25) is 9.48 Å². The van der Waals surface area contributed by atoms with Crippen molar-refractivity contribution in [2.45, 2.75) is 38.8 Å². The molecule has 2 heterocycles. The quantitative estimate of drug-likeness (QED) is 0.796. The Labute approximate surface area is 119 Å². The Kier molecular flexibility index (Phi) is 5.55. The Morgan fingerprint density at radius 1 is 1.55 bits per heavy atom. The zero-order valence-electron chi connectivity index (χ0n) is 12.3. The molecule has 1 aliphatic rings. The minimum atomic E-state index is 0.0298. The van der Waals surface area contributed by atoms with Crippen molar-refractivity contribution in [1.82, 2.24) is 20.4 Å². The monoisotopic (exact) mass is 280 g/mol. The summed E-state index contributed by atoms with van der Waals surface area (Å²) in [6.45, 7) is 5.00. The molecule has 6 heteroatoms. The lowest BCUT2D eigenvalue weighted by atomic mass is 10.1. The lowest BCUT2D eigenvalue weighted by Crippen LogP contribution is -2.33. The number of ether oxygens (including phenoxy) is 1. The van der Waals surface area contributed by atoms with Crippen LogP contribution in [-0.2, 0) is 23.1 Å². The molecule has 0 bridgehead atoms. The summed E-state index contributed by atoms with van der Waals surface area (Å²) >= 11 is 0. The smallest absolute Gasteiger partial charge is 0.222 e. The first-order valence-electron chi connectivity index (χ1n) is 7.23. The zero-order chi connectivity index (χ0) is 14.4. The van der Waals surface area contributed by atoms with Gasteiger partial charge >= 0.3 is 0 Å². The molecule has 1 aliphatic heterocycles. The Hall–Kier alpha value is -1.40. The van der Waals surface area contributed by atoms with Crippen molar-refractivity contribution in [2.75, 3.05) is 19.7 Å². The Balaban J connectivity index is 1.61. The van der Waals surface area contributed by atoms with Gasteiger partial charge in [-0.1, -0.05) is 0 Å². The van der Waals surface area contributed by atoms with E-state index in [1.54, 1.807) is 4.68 Å². The number of aromatic nitrogens is 2. The maximum absolute atomic E-state index is 11.7. The van der Waals surface area contributed by atoms with E-state index in [0.29, 0.717) is 25.7 Å². The SMILES string of the molecule is Cc1nn(C)cc1CNC(=O)CCOC1CCNCC1. The highest BCUT2D eigenvalue weighted by molar-refractivity contribution is 5.75. The number of carbonyl (C=O) groups excluding carboxylic acids is 1. The molecule has 0 unspecified atom stereocenters. The van der Waals surface area contributed by atoms with E-state index in [9.17, 15) is 4.79 Å². The molecular formula is C14H24N4O2. The molecule has 0 aliphatic carbocycles. The van der Waals surface area contributed by atoms with E-state index < -0.39 is 0 Å². The molecule has 0 spiro atoms. The van der Waals surface area contributed by atoms with Crippen molar-refractivity contribution in [2.24, 2.45) is 7.05 Å². The van der Waals surface area contributed by atoms with E-state index in [1.807, 2.05) is 20.2 Å². The standard InChI is InChI=1S/C14H24N4O2/c1-11-12(10-18(2)17-11)9-16-14(19)5-8-20-13-3-6-15-7-4-13/h10,13,15H,3-9H2,1-2H3,(H,16,19). The maximum Gasteiger partial charge on any atom is 0.222 e. The van der Waals surface area contributed by atoms with Crippen LogP contribution in [0, 0.1) is 6.92 Å². The number of aryl methyl sites for hydroxylation is 2. The van der Waals surface area contributed by atoms with Crippen molar-refractivity contribution in [3.63, 3.8) is 0 Å². The summed E-state index contributed by atoms with van der Waals surface area (Å²) in [5, 5.41) is 10.4. The number of rotatable bonds is 6. The molecular weight excluding hydrogens is 256 g/mol. The number of nitrogens with zero attached hydrogens (tertiary/aromatic N) is 2. The molecule has 2 N–H and O–H groups in total. The molecule has 1 aromatic heterocycles. The molecule has 112 valence electrons. The van der Waals surface area contributed by atoms with Gasteiger partial charge in [0, 0.05) is 31.8 Å². The Bertz CT molecular complexity index is 438. The fourth-order valence-electron chi connectivity index (χ4n) is 2.38. The Morgan fingerprint density at radius 2 is 2.30 bits per heavy atom. The van der Waals surface area contributed by atoms with E-state index in [2.05, 4.69) is 15.7 Å². The second kappa shape index (κ2) is 7.40. The summed E-state index contributed by atoms with van der Waals surface area (Å²) in [4.78, 5) is 11.7. The third-order valence-electron chi connectivity index (χ3n) is 3.56. The molecule has 1 saturated heterocycles. The number of nitrogens with one attached hydrogen (secondary N) is 2. The molecule has 2 rings (SSSR count). The van der Waals surface area contributed by atoms with Gasteiger partial charge < -0.3 is 15.4 Å².